The average Bonchev–Trinajstić information content (AvgIpc) is 3.23. The zero-order chi connectivity index (χ0) is 19.0. The first-order valence-electron chi connectivity index (χ1n) is 9.64. The van der Waals surface area contributed by atoms with E-state index in [1.807, 2.05) is 24.0 Å². The van der Waals surface area contributed by atoms with E-state index in [-0.39, 0.29) is 11.9 Å². The first-order valence-corrected chi connectivity index (χ1v) is 9.64. The van der Waals surface area contributed by atoms with Gasteiger partial charge in [0.25, 0.3) is 5.91 Å². The summed E-state index contributed by atoms with van der Waals surface area (Å²) >= 11 is 0. The molecule has 7 heteroatoms. The number of rotatable bonds is 4. The molecule has 0 aliphatic carbocycles. The third-order valence-corrected chi connectivity index (χ3v) is 5.30. The van der Waals surface area contributed by atoms with Gasteiger partial charge in [0.15, 0.2) is 0 Å². The molecule has 2 aromatic heterocycles. The van der Waals surface area contributed by atoms with E-state index < -0.39 is 0 Å². The fraction of sp³-hybridized carbons (Fsp3) is 0.550. The van der Waals surface area contributed by atoms with Crippen molar-refractivity contribution in [1.29, 1.82) is 0 Å². The number of fused-ring (bicyclic) bond motifs is 1. The molecular formula is C20H27N5O2. The SMILES string of the molecule is Cc1ccc(C(=O)N2Cc3c(CN4CCOCC4)nn(C(C)C)c3C2)cn1. The van der Waals surface area contributed by atoms with Gasteiger partial charge in [-0.3, -0.25) is 19.4 Å². The Balaban J connectivity index is 1.56. The van der Waals surface area contributed by atoms with E-state index in [4.69, 9.17) is 9.84 Å². The van der Waals surface area contributed by atoms with Gasteiger partial charge in [0.1, 0.15) is 0 Å². The highest BCUT2D eigenvalue weighted by atomic mass is 16.5. The predicted octanol–water partition coefficient (Wildman–Crippen LogP) is 2.16. The second-order valence-electron chi connectivity index (χ2n) is 7.65. The molecule has 1 amide bonds. The number of hydrogen-bond donors (Lipinski definition) is 0. The number of carbonyl (C=O) groups excluding carboxylic acids is 1. The monoisotopic (exact) mass is 369 g/mol. The largest absolute Gasteiger partial charge is 0.379 e. The van der Waals surface area contributed by atoms with Gasteiger partial charge in [-0.05, 0) is 32.9 Å². The summed E-state index contributed by atoms with van der Waals surface area (Å²) in [6.07, 6.45) is 1.67. The summed E-state index contributed by atoms with van der Waals surface area (Å²) < 4.78 is 7.54. The number of nitrogens with zero attached hydrogens (tertiary/aromatic N) is 5. The summed E-state index contributed by atoms with van der Waals surface area (Å²) in [5.41, 5.74) is 5.03. The van der Waals surface area contributed by atoms with Crippen LogP contribution in [0, 0.1) is 6.92 Å². The number of carbonyl (C=O) groups is 1. The van der Waals surface area contributed by atoms with Crippen LogP contribution in [0.2, 0.25) is 0 Å². The van der Waals surface area contributed by atoms with Gasteiger partial charge in [-0.15, -0.1) is 0 Å². The number of hydrogen-bond acceptors (Lipinski definition) is 5. The van der Waals surface area contributed by atoms with E-state index in [0.29, 0.717) is 18.7 Å². The van der Waals surface area contributed by atoms with Gasteiger partial charge in [0.2, 0.25) is 0 Å². The summed E-state index contributed by atoms with van der Waals surface area (Å²) in [6, 6.07) is 4.01. The van der Waals surface area contributed by atoms with Crippen molar-refractivity contribution in [3.8, 4) is 0 Å². The summed E-state index contributed by atoms with van der Waals surface area (Å²) in [5, 5.41) is 4.89. The van der Waals surface area contributed by atoms with Gasteiger partial charge in [-0.1, -0.05) is 0 Å². The van der Waals surface area contributed by atoms with Crippen LogP contribution in [-0.4, -0.2) is 56.8 Å². The Morgan fingerprint density at radius 1 is 1.22 bits per heavy atom. The second kappa shape index (κ2) is 7.40. The number of ether oxygens (including phenoxy) is 1. The van der Waals surface area contributed by atoms with Gasteiger partial charge >= 0.3 is 0 Å². The maximum atomic E-state index is 12.9. The number of aromatic nitrogens is 3. The lowest BCUT2D eigenvalue weighted by atomic mass is 10.2. The van der Waals surface area contributed by atoms with Crippen LogP contribution >= 0.6 is 0 Å². The lowest BCUT2D eigenvalue weighted by molar-refractivity contribution is 0.0333. The highest BCUT2D eigenvalue weighted by Crippen LogP contribution is 2.30. The molecule has 4 rings (SSSR count). The van der Waals surface area contributed by atoms with Crippen LogP contribution in [0.5, 0.6) is 0 Å². The van der Waals surface area contributed by atoms with Gasteiger partial charge in [0.05, 0.1) is 43.3 Å². The van der Waals surface area contributed by atoms with Crippen LogP contribution in [0.4, 0.5) is 0 Å². The highest BCUT2D eigenvalue weighted by molar-refractivity contribution is 5.94. The molecule has 144 valence electrons. The number of morpholine rings is 1. The molecule has 0 spiro atoms. The molecule has 0 saturated carbocycles. The van der Waals surface area contributed by atoms with Crippen LogP contribution in [0.15, 0.2) is 18.3 Å². The van der Waals surface area contributed by atoms with Crippen LogP contribution in [0.25, 0.3) is 0 Å². The molecular weight excluding hydrogens is 342 g/mol. The Labute approximate surface area is 159 Å². The third-order valence-electron chi connectivity index (χ3n) is 5.30. The molecule has 7 nitrogen and oxygen atoms in total. The molecule has 2 aromatic rings. The van der Waals surface area contributed by atoms with Crippen molar-refractivity contribution >= 4 is 5.91 Å². The van der Waals surface area contributed by atoms with Gasteiger partial charge in [-0.25, -0.2) is 0 Å². The number of amides is 1. The normalized spacial score (nSPS) is 17.6. The van der Waals surface area contributed by atoms with Crippen LogP contribution in [-0.2, 0) is 24.4 Å². The molecule has 1 fully saturated rings. The van der Waals surface area contributed by atoms with Crippen LogP contribution < -0.4 is 0 Å². The van der Waals surface area contributed by atoms with Crippen molar-refractivity contribution in [3.63, 3.8) is 0 Å². The van der Waals surface area contributed by atoms with E-state index in [1.54, 1.807) is 6.20 Å². The van der Waals surface area contributed by atoms with Crippen molar-refractivity contribution in [1.82, 2.24) is 24.6 Å². The van der Waals surface area contributed by atoms with Crippen LogP contribution in [0.1, 0.15) is 52.9 Å². The fourth-order valence-corrected chi connectivity index (χ4v) is 3.78. The van der Waals surface area contributed by atoms with Gasteiger partial charge in [-0.2, -0.15) is 5.10 Å². The summed E-state index contributed by atoms with van der Waals surface area (Å²) in [5.74, 6) is 0.0336. The minimum atomic E-state index is 0.0336. The number of aryl methyl sites for hydroxylation is 1. The summed E-state index contributed by atoms with van der Waals surface area (Å²) in [7, 11) is 0. The number of pyridine rings is 1. The van der Waals surface area contributed by atoms with Gasteiger partial charge < -0.3 is 9.64 Å². The van der Waals surface area contributed by atoms with E-state index in [2.05, 4.69) is 28.4 Å². The lowest BCUT2D eigenvalue weighted by Crippen LogP contribution is -2.36. The molecule has 2 aliphatic rings. The quantitative estimate of drug-likeness (QED) is 0.826. The molecule has 0 bridgehead atoms. The van der Waals surface area contributed by atoms with Crippen molar-refractivity contribution < 1.29 is 9.53 Å². The fourth-order valence-electron chi connectivity index (χ4n) is 3.78. The predicted molar refractivity (Wildman–Crippen MR) is 101 cm³/mol. The average molecular weight is 369 g/mol. The molecule has 4 heterocycles. The van der Waals surface area contributed by atoms with E-state index in [0.717, 1.165) is 44.2 Å². The van der Waals surface area contributed by atoms with E-state index in [1.165, 1.54) is 11.3 Å². The molecule has 0 aromatic carbocycles. The van der Waals surface area contributed by atoms with Crippen molar-refractivity contribution in [3.05, 3.63) is 46.5 Å². The summed E-state index contributed by atoms with van der Waals surface area (Å²) in [6.45, 7) is 11.7. The summed E-state index contributed by atoms with van der Waals surface area (Å²) in [4.78, 5) is 21.5. The molecule has 27 heavy (non-hydrogen) atoms. The maximum absolute atomic E-state index is 12.9. The molecule has 1 saturated heterocycles. The Hall–Kier alpha value is -2.25. The molecule has 0 unspecified atom stereocenters. The topological polar surface area (TPSA) is 63.5 Å². The first kappa shape index (κ1) is 18.1. The Morgan fingerprint density at radius 2 is 2.00 bits per heavy atom. The second-order valence-corrected chi connectivity index (χ2v) is 7.65. The molecule has 0 atom stereocenters. The maximum Gasteiger partial charge on any atom is 0.256 e. The minimum Gasteiger partial charge on any atom is -0.379 e. The zero-order valence-electron chi connectivity index (χ0n) is 16.3. The third kappa shape index (κ3) is 3.61. The highest BCUT2D eigenvalue weighted by Gasteiger charge is 2.32. The molecule has 2 aliphatic heterocycles. The standard InChI is InChI=1S/C20H27N5O2/c1-14(2)25-19-13-24(20(26)16-5-4-15(3)21-10-16)11-17(19)18(22-25)12-23-6-8-27-9-7-23/h4-5,10,14H,6-9,11-13H2,1-3H3. The first-order chi connectivity index (χ1) is 13.0. The zero-order valence-corrected chi connectivity index (χ0v) is 16.3. The smallest absolute Gasteiger partial charge is 0.256 e. The van der Waals surface area contributed by atoms with Crippen molar-refractivity contribution in [2.45, 2.75) is 46.4 Å². The molecule has 0 radical (unpaired) electrons. The van der Waals surface area contributed by atoms with Gasteiger partial charge in [0, 0.05) is 43.1 Å². The van der Waals surface area contributed by atoms with Crippen LogP contribution in [0.3, 0.4) is 0 Å². The van der Waals surface area contributed by atoms with Crippen molar-refractivity contribution in [2.75, 3.05) is 26.3 Å². The Morgan fingerprint density at radius 3 is 2.67 bits per heavy atom. The van der Waals surface area contributed by atoms with E-state index in [9.17, 15) is 4.79 Å². The Kier molecular flexibility index (Phi) is 4.97. The van der Waals surface area contributed by atoms with E-state index >= 15 is 0 Å². The molecule has 0 N–H and O–H groups in total. The lowest BCUT2D eigenvalue weighted by Gasteiger charge is -2.26. The Bertz CT molecular complexity index is 822. The van der Waals surface area contributed by atoms with Crippen molar-refractivity contribution in [2.24, 2.45) is 0 Å². The minimum absolute atomic E-state index is 0.0336.